The fourth-order valence-electron chi connectivity index (χ4n) is 10.8. The summed E-state index contributed by atoms with van der Waals surface area (Å²) in [7, 11) is 1.28. The summed E-state index contributed by atoms with van der Waals surface area (Å²) in [6, 6.07) is 1.73. The van der Waals surface area contributed by atoms with Crippen LogP contribution in [0.2, 0.25) is 0 Å². The summed E-state index contributed by atoms with van der Waals surface area (Å²) in [5.41, 5.74) is 13.3. The van der Waals surface area contributed by atoms with Crippen molar-refractivity contribution >= 4 is 75.9 Å². The molecule has 2 aliphatic rings. The molecule has 16 N–H and O–H groups in total. The van der Waals surface area contributed by atoms with E-state index in [-0.39, 0.29) is 106 Å². The van der Waals surface area contributed by atoms with Gasteiger partial charge in [0.05, 0.1) is 12.9 Å². The number of imidazole rings is 1. The van der Waals surface area contributed by atoms with Gasteiger partial charge in [-0.3, -0.25) is 52.9 Å². The van der Waals surface area contributed by atoms with Crippen LogP contribution in [0, 0.1) is 11.8 Å². The number of phenolic OH excluding ortho intramolecular Hbond substituents is 1. The number of carbonyl (C=O) groups excluding carboxylic acids is 10. The van der Waals surface area contributed by atoms with Crippen molar-refractivity contribution in [2.24, 2.45) is 28.3 Å². The number of benzene rings is 2. The molecule has 0 radical (unpaired) electrons. The van der Waals surface area contributed by atoms with Crippen LogP contribution < -0.4 is 54.0 Å². The van der Waals surface area contributed by atoms with Gasteiger partial charge < -0.3 is 84.0 Å². The minimum Gasteiger partial charge on any atom is -0.508 e. The number of hydrogen-bond donors (Lipinski definition) is 14. The fraction of sp³-hybridized carbons (Fsp3) is 0.533. The highest BCUT2D eigenvalue weighted by Gasteiger charge is 2.41. The van der Waals surface area contributed by atoms with Gasteiger partial charge in [-0.05, 0) is 93.0 Å². The number of para-hydroxylation sites is 1. The number of aliphatic hydroxyl groups is 1. The number of guanidine groups is 1. The van der Waals surface area contributed by atoms with Gasteiger partial charge in [0.2, 0.25) is 59.1 Å². The molecule has 2 aromatic carbocycles. The number of nitrogens with zero attached hydrogens (tertiary/aromatic N) is 4. The molecule has 2 saturated heterocycles. The summed E-state index contributed by atoms with van der Waals surface area (Å²) in [5.74, 6) is -7.39. The third-order valence-corrected chi connectivity index (χ3v) is 15.4. The number of carbonyl (C=O) groups is 10. The van der Waals surface area contributed by atoms with E-state index in [0.29, 0.717) is 41.6 Å². The molecule has 28 heteroatoms. The van der Waals surface area contributed by atoms with Crippen molar-refractivity contribution in [1.82, 2.24) is 67.3 Å². The molecule has 4 aromatic rings. The molecule has 10 amide bonds. The van der Waals surface area contributed by atoms with E-state index < -0.39 is 108 Å². The van der Waals surface area contributed by atoms with Gasteiger partial charge in [-0.1, -0.05) is 58.0 Å². The number of likely N-dealkylation sites (tertiary alicyclic amines) is 1. The number of phenols is 1. The van der Waals surface area contributed by atoms with Crippen LogP contribution in [-0.2, 0) is 67.2 Å². The van der Waals surface area contributed by atoms with E-state index in [1.807, 2.05) is 45.9 Å². The molecule has 0 aliphatic carbocycles. The topological polar surface area (TPSA) is 423 Å². The number of fused-ring (bicyclic) bond motifs is 1. The van der Waals surface area contributed by atoms with Crippen LogP contribution in [0.15, 0.2) is 72.2 Å². The predicted octanol–water partition coefficient (Wildman–Crippen LogP) is -1.10. The van der Waals surface area contributed by atoms with Crippen LogP contribution in [0.5, 0.6) is 5.75 Å². The van der Waals surface area contributed by atoms with Crippen LogP contribution in [0.25, 0.3) is 10.9 Å². The van der Waals surface area contributed by atoms with Crippen molar-refractivity contribution in [3.8, 4) is 5.75 Å². The van der Waals surface area contributed by atoms with Crippen molar-refractivity contribution in [2.75, 3.05) is 33.3 Å². The predicted molar refractivity (Wildman–Crippen MR) is 325 cm³/mol. The highest BCUT2D eigenvalue weighted by molar-refractivity contribution is 5.99. The number of H-pyrrole nitrogens is 2. The minimum atomic E-state index is -1.74. The number of nitrogens with two attached hydrogens (primary N) is 2. The van der Waals surface area contributed by atoms with E-state index in [2.05, 4.69) is 62.5 Å². The molecule has 478 valence electrons. The summed E-state index contributed by atoms with van der Waals surface area (Å²) in [6.45, 7) is 8.86. The minimum absolute atomic E-state index is 0.0433. The maximum absolute atomic E-state index is 14.9. The first kappa shape index (κ1) is 68.0. The third-order valence-electron chi connectivity index (χ3n) is 15.4. The molecule has 6 rings (SSSR count). The number of hydrogen-bond acceptors (Lipinski definition) is 14. The number of aromatic nitrogens is 3. The van der Waals surface area contributed by atoms with Gasteiger partial charge in [-0.25, -0.2) is 4.98 Å². The SMILES string of the molecule is CCNC(=O)[C@@H]1CCCN1C(=O)[C@H](CCCN=C(N)N)NC(=O)[C@H](CC(C)C)NC(=O)[C@@H](CC(C)C)NC(=O)[C@@H](Cc1ccc(O)cc1)N(C)C(=O)[C@H](CO)NC(=O)[C@H](Cc1c[nH]c2ccccc12)NC(=O)[C@H](Cc1cnc[nH]1)NC(=O)[C@@H]1CCC(=O)N1. The Kier molecular flexibility index (Phi) is 25.2. The third kappa shape index (κ3) is 19.5. The van der Waals surface area contributed by atoms with Crippen molar-refractivity contribution in [2.45, 2.75) is 160 Å². The quantitative estimate of drug-likeness (QED) is 0.0157. The number of likely N-dealkylation sites (N-methyl/N-ethyl adjacent to an activating group) is 2. The molecule has 2 fully saturated rings. The highest BCUT2D eigenvalue weighted by Crippen LogP contribution is 2.23. The number of aromatic amines is 2. The lowest BCUT2D eigenvalue weighted by atomic mass is 9.98. The van der Waals surface area contributed by atoms with Gasteiger partial charge in [-0.2, -0.15) is 0 Å². The highest BCUT2D eigenvalue weighted by atomic mass is 16.3. The van der Waals surface area contributed by atoms with Crippen LogP contribution in [0.1, 0.15) is 103 Å². The maximum Gasteiger partial charge on any atom is 0.247 e. The van der Waals surface area contributed by atoms with E-state index in [0.717, 1.165) is 10.4 Å². The Morgan fingerprint density at radius 1 is 0.750 bits per heavy atom. The first-order valence-electron chi connectivity index (χ1n) is 29.9. The lowest BCUT2D eigenvalue weighted by Gasteiger charge is -2.33. The molecular formula is C60H86N16O12. The smallest absolute Gasteiger partial charge is 0.247 e. The van der Waals surface area contributed by atoms with Crippen molar-refractivity contribution in [3.05, 3.63) is 84.1 Å². The zero-order chi connectivity index (χ0) is 64.2. The zero-order valence-corrected chi connectivity index (χ0v) is 50.7. The monoisotopic (exact) mass is 1220 g/mol. The van der Waals surface area contributed by atoms with Crippen molar-refractivity contribution in [1.29, 1.82) is 0 Å². The van der Waals surface area contributed by atoms with Crippen LogP contribution in [0.4, 0.5) is 0 Å². The Balaban J connectivity index is 1.24. The van der Waals surface area contributed by atoms with Gasteiger partial charge >= 0.3 is 0 Å². The Morgan fingerprint density at radius 2 is 1.36 bits per heavy atom. The number of aliphatic hydroxyl groups excluding tert-OH is 1. The van der Waals surface area contributed by atoms with Gasteiger partial charge in [0, 0.05) is 81.4 Å². The number of nitrogens with one attached hydrogen (secondary N) is 10. The molecule has 0 spiro atoms. The lowest BCUT2D eigenvalue weighted by Crippen LogP contribution is -2.61. The van der Waals surface area contributed by atoms with E-state index in [1.54, 1.807) is 19.2 Å². The molecule has 2 aliphatic heterocycles. The Hall–Kier alpha value is -9.08. The molecule has 0 saturated carbocycles. The van der Waals surface area contributed by atoms with Crippen LogP contribution in [-0.4, -0.2) is 188 Å². The van der Waals surface area contributed by atoms with Gasteiger partial charge in [0.15, 0.2) is 5.96 Å². The van der Waals surface area contributed by atoms with E-state index >= 15 is 0 Å². The Bertz CT molecular complexity index is 3090. The average Bonchev–Trinajstić information content (AvgIpc) is 4.20. The van der Waals surface area contributed by atoms with E-state index in [4.69, 9.17) is 11.5 Å². The normalized spacial score (nSPS) is 17.1. The van der Waals surface area contributed by atoms with E-state index in [1.165, 1.54) is 48.7 Å². The number of amides is 10. The molecule has 2 aromatic heterocycles. The van der Waals surface area contributed by atoms with Gasteiger partial charge in [-0.15, -0.1) is 0 Å². The second kappa shape index (κ2) is 32.6. The first-order valence-corrected chi connectivity index (χ1v) is 29.9. The molecule has 28 nitrogen and oxygen atoms in total. The summed E-state index contributed by atoms with van der Waals surface area (Å²) in [6.07, 6.45) is 5.85. The molecule has 88 heavy (non-hydrogen) atoms. The maximum atomic E-state index is 14.9. The van der Waals surface area contributed by atoms with Crippen LogP contribution in [0.3, 0.4) is 0 Å². The molecule has 4 heterocycles. The summed E-state index contributed by atoms with van der Waals surface area (Å²) >= 11 is 0. The molecule has 9 atom stereocenters. The number of aromatic hydroxyl groups is 1. The van der Waals surface area contributed by atoms with Crippen molar-refractivity contribution in [3.63, 3.8) is 0 Å². The standard InChI is InChI=1S/C60H86N16O12/c1-7-64-56(85)48-15-11-23-76(48)59(88)42(14-10-22-65-60(61)62)69-52(81)43(24-33(2)3)70-53(82)44(25-34(4)5)73-57(86)49(26-35-16-18-38(78)19-17-35)75(6)58(87)47(31-77)74-54(83)45(27-36-29-66-40-13-9-8-12-39(36)40)71-55(84)46(28-37-30-63-32-67-37)72-51(80)41-20-21-50(79)68-41/h8-9,12-13,16-19,29-30,32-34,41-49,66,77-78H,7,10-11,14-15,20-28,31H2,1-6H3,(H,63,67)(H,64,85)(H,68,79)(H,69,81)(H,70,82)(H,71,84)(H,72,80)(H,73,86)(H,74,83)(H4,61,62,65)/t41-,42-,43-,44+,45-,46-,47-,48-,49+/m0/s1. The lowest BCUT2D eigenvalue weighted by molar-refractivity contribution is -0.144. The summed E-state index contributed by atoms with van der Waals surface area (Å²) in [5, 5.41) is 43.6. The van der Waals surface area contributed by atoms with Gasteiger partial charge in [0.25, 0.3) is 0 Å². The summed E-state index contributed by atoms with van der Waals surface area (Å²) in [4.78, 5) is 157. The first-order chi connectivity index (χ1) is 42.0. The van der Waals surface area contributed by atoms with Crippen LogP contribution >= 0.6 is 0 Å². The fourth-order valence-corrected chi connectivity index (χ4v) is 10.8. The molecule has 0 bridgehead atoms. The Morgan fingerprint density at radius 3 is 1.97 bits per heavy atom. The second-order valence-electron chi connectivity index (χ2n) is 23.2. The zero-order valence-electron chi connectivity index (χ0n) is 50.7. The van der Waals surface area contributed by atoms with E-state index in [9.17, 15) is 58.2 Å². The number of rotatable bonds is 32. The van der Waals surface area contributed by atoms with Gasteiger partial charge in [0.1, 0.15) is 60.1 Å². The second-order valence-corrected chi connectivity index (χ2v) is 23.2. The molecular weight excluding hydrogens is 1140 g/mol. The average molecular weight is 1220 g/mol. The largest absolute Gasteiger partial charge is 0.508 e. The van der Waals surface area contributed by atoms with Crippen molar-refractivity contribution < 1.29 is 58.2 Å². The summed E-state index contributed by atoms with van der Waals surface area (Å²) < 4.78 is 0. The number of aliphatic imine (C=N–C) groups is 1. The Labute approximate surface area is 510 Å². The molecule has 0 unspecified atom stereocenters.